The molecule has 0 amide bonds. The number of hydrogen-bond donors (Lipinski definition) is 0. The number of rotatable bonds is 5. The van der Waals surface area contributed by atoms with Crippen LogP contribution in [0.4, 0.5) is 22.7 Å². The maximum Gasteiger partial charge on any atom is 0.0887 e. The first-order chi connectivity index (χ1) is 13.0. The van der Waals surface area contributed by atoms with E-state index in [1.54, 1.807) is 0 Å². The molecule has 27 heavy (non-hydrogen) atoms. The Morgan fingerprint density at radius 3 is 1.81 bits per heavy atom. The third kappa shape index (κ3) is 4.94. The minimum Gasteiger partial charge on any atom is -0.151 e. The number of azo groups is 2. The average Bonchev–Trinajstić information content (AvgIpc) is 2.67. The van der Waals surface area contributed by atoms with Crippen molar-refractivity contribution < 1.29 is 0 Å². The first-order valence-electron chi connectivity index (χ1n) is 9.12. The van der Waals surface area contributed by atoms with E-state index in [2.05, 4.69) is 46.4 Å². The molecule has 0 N–H and O–H groups in total. The van der Waals surface area contributed by atoms with Gasteiger partial charge in [0.1, 0.15) is 0 Å². The van der Waals surface area contributed by atoms with Crippen LogP contribution in [0, 0.1) is 13.8 Å². The zero-order chi connectivity index (χ0) is 19.2. The normalized spacial score (nSPS) is 11.7. The highest BCUT2D eigenvalue weighted by Crippen LogP contribution is 2.28. The van der Waals surface area contributed by atoms with Crippen LogP contribution in [0.3, 0.4) is 0 Å². The van der Waals surface area contributed by atoms with Crippen LogP contribution in [0.15, 0.2) is 87.2 Å². The van der Waals surface area contributed by atoms with E-state index in [4.69, 9.17) is 0 Å². The molecule has 0 aliphatic heterocycles. The van der Waals surface area contributed by atoms with Crippen LogP contribution in [-0.4, -0.2) is 0 Å². The molecule has 0 bridgehead atoms. The molecule has 4 nitrogen and oxygen atoms in total. The summed E-state index contributed by atoms with van der Waals surface area (Å²) in [4.78, 5) is 0. The molecule has 0 unspecified atom stereocenters. The second-order valence-corrected chi connectivity index (χ2v) is 6.90. The third-order valence-electron chi connectivity index (χ3n) is 4.40. The van der Waals surface area contributed by atoms with Gasteiger partial charge in [-0.25, -0.2) is 0 Å². The molecular formula is C23H24N4. The van der Waals surface area contributed by atoms with E-state index in [9.17, 15) is 0 Å². The smallest absolute Gasteiger partial charge is 0.0887 e. The third-order valence-corrected chi connectivity index (χ3v) is 4.40. The van der Waals surface area contributed by atoms with E-state index in [0.717, 1.165) is 33.9 Å². The predicted octanol–water partition coefficient (Wildman–Crippen LogP) is 8.26. The van der Waals surface area contributed by atoms with Gasteiger partial charge in [0.2, 0.25) is 0 Å². The maximum atomic E-state index is 4.38. The van der Waals surface area contributed by atoms with E-state index in [1.165, 1.54) is 5.56 Å². The lowest BCUT2D eigenvalue weighted by Gasteiger charge is -2.04. The Morgan fingerprint density at radius 2 is 1.19 bits per heavy atom. The van der Waals surface area contributed by atoms with Gasteiger partial charge in [-0.05, 0) is 72.9 Å². The molecule has 0 saturated carbocycles. The van der Waals surface area contributed by atoms with Crippen molar-refractivity contribution >= 4 is 22.7 Å². The summed E-state index contributed by atoms with van der Waals surface area (Å²) in [5, 5.41) is 17.4. The highest BCUT2D eigenvalue weighted by molar-refractivity contribution is 5.54. The molecular weight excluding hydrogens is 332 g/mol. The molecule has 3 aromatic carbocycles. The zero-order valence-electron chi connectivity index (χ0n) is 16.2. The molecule has 0 heterocycles. The lowest BCUT2D eigenvalue weighted by atomic mass is 10.0. The van der Waals surface area contributed by atoms with E-state index >= 15 is 0 Å². The summed E-state index contributed by atoms with van der Waals surface area (Å²) < 4.78 is 0. The van der Waals surface area contributed by atoms with Gasteiger partial charge in [-0.3, -0.25) is 0 Å². The SMILES string of the molecule is Cc1ccccc1N=Nc1ccc(N=Nc2ccc(C(C)C)cc2)c(C)c1. The second kappa shape index (κ2) is 8.49. The molecule has 0 aliphatic carbocycles. The Bertz CT molecular complexity index is 970. The second-order valence-electron chi connectivity index (χ2n) is 6.90. The topological polar surface area (TPSA) is 49.4 Å². The fraction of sp³-hybridized carbons (Fsp3) is 0.217. The van der Waals surface area contributed by atoms with Gasteiger partial charge in [-0.1, -0.05) is 44.2 Å². The summed E-state index contributed by atoms with van der Waals surface area (Å²) in [7, 11) is 0. The monoisotopic (exact) mass is 356 g/mol. The fourth-order valence-corrected chi connectivity index (χ4v) is 2.64. The fourth-order valence-electron chi connectivity index (χ4n) is 2.64. The van der Waals surface area contributed by atoms with Crippen molar-refractivity contribution in [1.82, 2.24) is 0 Å². The van der Waals surface area contributed by atoms with Gasteiger partial charge in [-0.15, -0.1) is 0 Å². The lowest BCUT2D eigenvalue weighted by Crippen LogP contribution is -1.84. The molecule has 4 heteroatoms. The van der Waals surface area contributed by atoms with Crippen molar-refractivity contribution in [3.05, 3.63) is 83.4 Å². The van der Waals surface area contributed by atoms with E-state index in [-0.39, 0.29) is 0 Å². The largest absolute Gasteiger partial charge is 0.151 e. The number of hydrogen-bond acceptors (Lipinski definition) is 4. The summed E-state index contributed by atoms with van der Waals surface area (Å²) in [6.07, 6.45) is 0. The van der Waals surface area contributed by atoms with E-state index in [1.807, 2.05) is 68.4 Å². The van der Waals surface area contributed by atoms with Crippen molar-refractivity contribution in [3.63, 3.8) is 0 Å². The highest BCUT2D eigenvalue weighted by atomic mass is 15.1. The summed E-state index contributed by atoms with van der Waals surface area (Å²) in [6, 6.07) is 21.9. The van der Waals surface area contributed by atoms with Crippen molar-refractivity contribution in [2.24, 2.45) is 20.5 Å². The van der Waals surface area contributed by atoms with Crippen molar-refractivity contribution in [2.45, 2.75) is 33.6 Å². The van der Waals surface area contributed by atoms with Crippen LogP contribution in [0.5, 0.6) is 0 Å². The standard InChI is InChI=1S/C23H24N4/c1-16(2)19-9-11-20(12-10-19)24-27-23-14-13-21(15-18(23)4)25-26-22-8-6-5-7-17(22)3/h5-16H,1-4H3. The number of aryl methyl sites for hydroxylation is 2. The van der Waals surface area contributed by atoms with Gasteiger partial charge in [0.25, 0.3) is 0 Å². The number of nitrogens with zero attached hydrogens (tertiary/aromatic N) is 4. The molecule has 0 saturated heterocycles. The van der Waals surface area contributed by atoms with Crippen LogP contribution in [0.2, 0.25) is 0 Å². The maximum absolute atomic E-state index is 4.38. The van der Waals surface area contributed by atoms with Crippen molar-refractivity contribution in [3.8, 4) is 0 Å². The first kappa shape index (κ1) is 18.6. The van der Waals surface area contributed by atoms with Crippen LogP contribution in [0.25, 0.3) is 0 Å². The van der Waals surface area contributed by atoms with Gasteiger partial charge in [-0.2, -0.15) is 20.5 Å². The molecule has 0 aromatic heterocycles. The summed E-state index contributed by atoms with van der Waals surface area (Å²) >= 11 is 0. The summed E-state index contributed by atoms with van der Waals surface area (Å²) in [6.45, 7) is 8.38. The van der Waals surface area contributed by atoms with E-state index < -0.39 is 0 Å². The predicted molar refractivity (Wildman–Crippen MR) is 111 cm³/mol. The molecule has 3 rings (SSSR count). The first-order valence-corrected chi connectivity index (χ1v) is 9.12. The van der Waals surface area contributed by atoms with Crippen molar-refractivity contribution in [1.29, 1.82) is 0 Å². The molecule has 0 spiro atoms. The minimum absolute atomic E-state index is 0.514. The molecule has 0 fully saturated rings. The van der Waals surface area contributed by atoms with Crippen LogP contribution < -0.4 is 0 Å². The average molecular weight is 356 g/mol. The van der Waals surface area contributed by atoms with Crippen molar-refractivity contribution in [2.75, 3.05) is 0 Å². The minimum atomic E-state index is 0.514. The van der Waals surface area contributed by atoms with Crippen LogP contribution >= 0.6 is 0 Å². The summed E-state index contributed by atoms with van der Waals surface area (Å²) in [5.41, 5.74) is 6.78. The lowest BCUT2D eigenvalue weighted by molar-refractivity contribution is 0.866. The Hall–Kier alpha value is -3.14. The molecule has 136 valence electrons. The van der Waals surface area contributed by atoms with Crippen LogP contribution in [-0.2, 0) is 0 Å². The van der Waals surface area contributed by atoms with Gasteiger partial charge < -0.3 is 0 Å². The Kier molecular flexibility index (Phi) is 5.87. The van der Waals surface area contributed by atoms with Gasteiger partial charge in [0.15, 0.2) is 0 Å². The summed E-state index contributed by atoms with van der Waals surface area (Å²) in [5.74, 6) is 0.514. The quantitative estimate of drug-likeness (QED) is 0.413. The molecule has 0 atom stereocenters. The van der Waals surface area contributed by atoms with E-state index in [0.29, 0.717) is 5.92 Å². The van der Waals surface area contributed by atoms with Crippen LogP contribution in [0.1, 0.15) is 36.5 Å². The molecule has 3 aromatic rings. The molecule has 0 aliphatic rings. The Balaban J connectivity index is 1.73. The Morgan fingerprint density at radius 1 is 0.593 bits per heavy atom. The highest BCUT2D eigenvalue weighted by Gasteiger charge is 2.01. The molecule has 0 radical (unpaired) electrons. The Labute approximate surface area is 160 Å². The van der Waals surface area contributed by atoms with Gasteiger partial charge in [0.05, 0.1) is 22.7 Å². The zero-order valence-corrected chi connectivity index (χ0v) is 16.2. The van der Waals surface area contributed by atoms with Gasteiger partial charge >= 0.3 is 0 Å². The van der Waals surface area contributed by atoms with Gasteiger partial charge in [0, 0.05) is 0 Å². The number of benzene rings is 3.